The molecule has 2 aliphatic heterocycles. The summed E-state index contributed by atoms with van der Waals surface area (Å²) in [6.07, 6.45) is 0. The van der Waals surface area contributed by atoms with Crippen LogP contribution in [0.15, 0.2) is 121 Å². The first kappa shape index (κ1) is 31.4. The van der Waals surface area contributed by atoms with Crippen LogP contribution in [0.5, 0.6) is 0 Å². The van der Waals surface area contributed by atoms with Crippen molar-refractivity contribution in [1.82, 2.24) is 0 Å². The van der Waals surface area contributed by atoms with Gasteiger partial charge < -0.3 is 4.90 Å². The Kier molecular flexibility index (Phi) is 6.41. The summed E-state index contributed by atoms with van der Waals surface area (Å²) in [5.41, 5.74) is 18.8. The molecule has 0 aliphatic carbocycles. The van der Waals surface area contributed by atoms with Gasteiger partial charge in [0.25, 0.3) is 0 Å². The fourth-order valence-corrected chi connectivity index (χ4v) is 9.93. The van der Waals surface area contributed by atoms with E-state index in [9.17, 15) is 0 Å². The molecule has 8 aromatic carbocycles. The first-order chi connectivity index (χ1) is 24.9. The van der Waals surface area contributed by atoms with Gasteiger partial charge in [-0.15, -0.1) is 0 Å². The molecule has 0 N–H and O–H groups in total. The smallest absolute Gasteiger partial charge is 0.248 e. The van der Waals surface area contributed by atoms with Gasteiger partial charge in [0.05, 0.1) is 5.69 Å². The van der Waals surface area contributed by atoms with Gasteiger partial charge in [-0.3, -0.25) is 0 Å². The van der Waals surface area contributed by atoms with Crippen molar-refractivity contribution in [1.29, 1.82) is 0 Å². The van der Waals surface area contributed by atoms with E-state index in [4.69, 9.17) is 0 Å². The molecule has 0 unspecified atom stereocenters. The molecule has 0 radical (unpaired) electrons. The van der Waals surface area contributed by atoms with Crippen LogP contribution in [0, 0.1) is 13.8 Å². The highest BCUT2D eigenvalue weighted by molar-refractivity contribution is 7.01. The Labute approximate surface area is 308 Å². The SMILES string of the molecule is Cc1cccc(C)c1-c1cc(C(C)(C)C)c2ccc3c(N4c5ccccc5B5c6ccccc6-c6cccc4c65)cc(C(C)(C)C)c4ccc1c2c34. The molecule has 0 saturated carbocycles. The standard InChI is InChI=1S/C50H44BN/c1-29-15-13-16-30(2)45(29)37-27-38(49(3,4)5)34-25-26-36-44(28-39(50(6,7)8)35-24-23-32(37)46(34)47(35)36)52-42-21-12-11-20-41(42)51-40-19-10-9-17-31(40)33-18-14-22-43(52)48(33)51/h9-28H,1-8H3. The topological polar surface area (TPSA) is 3.24 Å². The number of rotatable bonds is 2. The third-order valence-corrected chi connectivity index (χ3v) is 12.1. The lowest BCUT2D eigenvalue weighted by atomic mass is 9.37. The lowest BCUT2D eigenvalue weighted by molar-refractivity contribution is 0.595. The van der Waals surface area contributed by atoms with Gasteiger partial charge in [-0.05, 0) is 131 Å². The molecule has 0 saturated heterocycles. The molecule has 2 aliphatic rings. The molecule has 10 rings (SSSR count). The quantitative estimate of drug-likeness (QED) is 0.131. The van der Waals surface area contributed by atoms with E-state index in [2.05, 4.69) is 182 Å². The summed E-state index contributed by atoms with van der Waals surface area (Å²) in [6, 6.07) is 46.6. The molecule has 0 bridgehead atoms. The van der Waals surface area contributed by atoms with E-state index in [1.165, 1.54) is 110 Å². The van der Waals surface area contributed by atoms with Gasteiger partial charge in [0.2, 0.25) is 6.71 Å². The van der Waals surface area contributed by atoms with Crippen LogP contribution in [-0.2, 0) is 10.8 Å². The lowest BCUT2D eigenvalue weighted by Crippen LogP contribution is -2.54. The van der Waals surface area contributed by atoms with E-state index in [1.54, 1.807) is 0 Å². The Balaban J connectivity index is 1.38. The molecule has 0 spiro atoms. The molecular formula is C50H44BN. The van der Waals surface area contributed by atoms with Gasteiger partial charge in [-0.1, -0.05) is 144 Å². The van der Waals surface area contributed by atoms with Crippen LogP contribution in [0.25, 0.3) is 54.6 Å². The van der Waals surface area contributed by atoms with Crippen molar-refractivity contribution >= 4 is 72.5 Å². The fraction of sp³-hybridized carbons (Fsp3) is 0.200. The molecule has 1 nitrogen and oxygen atoms in total. The normalized spacial score (nSPS) is 13.7. The van der Waals surface area contributed by atoms with Gasteiger partial charge in [0, 0.05) is 16.8 Å². The molecule has 2 heteroatoms. The van der Waals surface area contributed by atoms with Crippen LogP contribution in [-0.4, -0.2) is 6.71 Å². The second kappa shape index (κ2) is 10.6. The molecule has 0 atom stereocenters. The Bertz CT molecular complexity index is 2770. The molecule has 52 heavy (non-hydrogen) atoms. The zero-order chi connectivity index (χ0) is 35.8. The Morgan fingerprint density at radius 3 is 1.69 bits per heavy atom. The molecule has 252 valence electrons. The number of aryl methyl sites for hydroxylation is 2. The summed E-state index contributed by atoms with van der Waals surface area (Å²) in [7, 11) is 0. The summed E-state index contributed by atoms with van der Waals surface area (Å²) in [5, 5.41) is 8.14. The molecule has 0 amide bonds. The maximum absolute atomic E-state index is 2.61. The third-order valence-electron chi connectivity index (χ3n) is 12.1. The molecule has 2 heterocycles. The van der Waals surface area contributed by atoms with Crippen molar-refractivity contribution in [2.45, 2.75) is 66.2 Å². The summed E-state index contributed by atoms with van der Waals surface area (Å²) in [4.78, 5) is 2.61. The molecule has 8 aromatic rings. The maximum atomic E-state index is 2.61. The van der Waals surface area contributed by atoms with Gasteiger partial charge in [-0.2, -0.15) is 0 Å². The predicted octanol–water partition coefficient (Wildman–Crippen LogP) is 11.7. The van der Waals surface area contributed by atoms with E-state index in [-0.39, 0.29) is 17.5 Å². The Hall–Kier alpha value is -5.34. The van der Waals surface area contributed by atoms with Gasteiger partial charge in [0.1, 0.15) is 0 Å². The first-order valence-electron chi connectivity index (χ1n) is 18.9. The van der Waals surface area contributed by atoms with Crippen molar-refractivity contribution in [2.24, 2.45) is 0 Å². The number of para-hydroxylation sites is 1. The van der Waals surface area contributed by atoms with Crippen LogP contribution < -0.4 is 21.3 Å². The second-order valence-corrected chi connectivity index (χ2v) is 17.4. The highest BCUT2D eigenvalue weighted by Gasteiger charge is 2.42. The van der Waals surface area contributed by atoms with Crippen LogP contribution in [0.1, 0.15) is 63.8 Å². The summed E-state index contributed by atoms with van der Waals surface area (Å²) in [5.74, 6) is 0. The van der Waals surface area contributed by atoms with Gasteiger partial charge in [0.15, 0.2) is 0 Å². The number of nitrogens with zero attached hydrogens (tertiary/aromatic N) is 1. The fourth-order valence-electron chi connectivity index (χ4n) is 9.93. The largest absolute Gasteiger partial charge is 0.311 e. The summed E-state index contributed by atoms with van der Waals surface area (Å²) in [6.45, 7) is 19.0. The van der Waals surface area contributed by atoms with Crippen LogP contribution in [0.4, 0.5) is 17.1 Å². The minimum absolute atomic E-state index is 0.0379. The average Bonchev–Trinajstić information content (AvgIpc) is 3.46. The number of benzene rings is 8. The molecule has 0 fully saturated rings. The van der Waals surface area contributed by atoms with E-state index in [1.807, 2.05) is 0 Å². The van der Waals surface area contributed by atoms with Crippen LogP contribution in [0.2, 0.25) is 0 Å². The predicted molar refractivity (Wildman–Crippen MR) is 227 cm³/mol. The minimum Gasteiger partial charge on any atom is -0.311 e. The van der Waals surface area contributed by atoms with Crippen molar-refractivity contribution in [3.05, 3.63) is 144 Å². The van der Waals surface area contributed by atoms with Crippen molar-refractivity contribution in [3.63, 3.8) is 0 Å². The van der Waals surface area contributed by atoms with Crippen LogP contribution in [0.3, 0.4) is 0 Å². The first-order valence-corrected chi connectivity index (χ1v) is 18.9. The summed E-state index contributed by atoms with van der Waals surface area (Å²) < 4.78 is 0. The average molecular weight is 670 g/mol. The van der Waals surface area contributed by atoms with E-state index in [0.717, 1.165) is 0 Å². The zero-order valence-corrected chi connectivity index (χ0v) is 31.6. The van der Waals surface area contributed by atoms with Gasteiger partial charge >= 0.3 is 0 Å². The zero-order valence-electron chi connectivity index (χ0n) is 31.6. The lowest BCUT2D eigenvalue weighted by Gasteiger charge is -2.38. The number of fused-ring (bicyclic) bond motifs is 5. The molecular weight excluding hydrogens is 625 g/mol. The third kappa shape index (κ3) is 4.18. The number of anilines is 3. The number of hydrogen-bond donors (Lipinski definition) is 0. The minimum atomic E-state index is -0.0773. The van der Waals surface area contributed by atoms with E-state index in [0.29, 0.717) is 0 Å². The maximum Gasteiger partial charge on any atom is 0.248 e. The number of hydrogen-bond acceptors (Lipinski definition) is 1. The van der Waals surface area contributed by atoms with E-state index < -0.39 is 0 Å². The highest BCUT2D eigenvalue weighted by atomic mass is 15.2. The molecule has 0 aromatic heterocycles. The van der Waals surface area contributed by atoms with Crippen molar-refractivity contribution in [2.75, 3.05) is 4.90 Å². The van der Waals surface area contributed by atoms with Gasteiger partial charge in [-0.25, -0.2) is 0 Å². The Morgan fingerprint density at radius 2 is 0.981 bits per heavy atom. The second-order valence-electron chi connectivity index (χ2n) is 17.4. The highest BCUT2D eigenvalue weighted by Crippen LogP contribution is 2.51. The monoisotopic (exact) mass is 669 g/mol. The van der Waals surface area contributed by atoms with Crippen molar-refractivity contribution < 1.29 is 0 Å². The van der Waals surface area contributed by atoms with Crippen LogP contribution >= 0.6 is 0 Å². The summed E-state index contributed by atoms with van der Waals surface area (Å²) >= 11 is 0. The van der Waals surface area contributed by atoms with Crippen molar-refractivity contribution in [3.8, 4) is 22.3 Å². The Morgan fingerprint density at radius 1 is 0.442 bits per heavy atom. The van der Waals surface area contributed by atoms with E-state index >= 15 is 0 Å².